The molecule has 1 aromatic carbocycles. The summed E-state index contributed by atoms with van der Waals surface area (Å²) in [6.45, 7) is 1.95. The van der Waals surface area contributed by atoms with E-state index < -0.39 is 10.0 Å². The minimum atomic E-state index is -3.61. The van der Waals surface area contributed by atoms with Gasteiger partial charge in [0.05, 0.1) is 6.54 Å². The number of unbranched alkanes of at least 4 members (excludes halogenated alkanes) is 2. The predicted molar refractivity (Wildman–Crippen MR) is 102 cm³/mol. The van der Waals surface area contributed by atoms with Gasteiger partial charge in [-0.3, -0.25) is 4.79 Å². The van der Waals surface area contributed by atoms with Gasteiger partial charge >= 0.3 is 0 Å². The molecule has 0 aliphatic heterocycles. The van der Waals surface area contributed by atoms with Gasteiger partial charge in [0.15, 0.2) is 0 Å². The Hall–Kier alpha value is -1.70. The highest BCUT2D eigenvalue weighted by atomic mass is 32.2. The highest BCUT2D eigenvalue weighted by Crippen LogP contribution is 2.19. The smallest absolute Gasteiger partial charge is 0.252 e. The van der Waals surface area contributed by atoms with Crippen LogP contribution in [0.15, 0.2) is 46.0 Å². The first-order valence-corrected chi connectivity index (χ1v) is 10.6. The van der Waals surface area contributed by atoms with Crippen LogP contribution in [-0.2, 0) is 21.2 Å². The topological polar surface area (TPSA) is 66.5 Å². The number of anilines is 1. The second-order valence-electron chi connectivity index (χ2n) is 5.90. The number of hydrogen-bond donors (Lipinski definition) is 1. The number of benzene rings is 1. The monoisotopic (exact) mass is 380 g/mol. The Bertz CT molecular complexity index is 769. The first-order chi connectivity index (χ1) is 11.9. The molecule has 0 saturated carbocycles. The van der Waals surface area contributed by atoms with E-state index in [-0.39, 0.29) is 16.7 Å². The summed E-state index contributed by atoms with van der Waals surface area (Å²) in [6, 6.07) is 10.9. The zero-order valence-electron chi connectivity index (χ0n) is 14.6. The lowest BCUT2D eigenvalue weighted by atomic mass is 10.1. The Morgan fingerprint density at radius 1 is 1.16 bits per heavy atom. The van der Waals surface area contributed by atoms with Crippen LogP contribution in [0.1, 0.15) is 31.7 Å². The van der Waals surface area contributed by atoms with Crippen molar-refractivity contribution in [1.29, 1.82) is 0 Å². The van der Waals surface area contributed by atoms with Crippen molar-refractivity contribution in [3.63, 3.8) is 0 Å². The van der Waals surface area contributed by atoms with Crippen molar-refractivity contribution in [3.8, 4) is 0 Å². The molecule has 1 heterocycles. The number of hydrogen-bond acceptors (Lipinski definition) is 4. The van der Waals surface area contributed by atoms with E-state index in [0.717, 1.165) is 28.5 Å². The molecule has 0 bridgehead atoms. The van der Waals surface area contributed by atoms with Gasteiger partial charge in [-0.2, -0.15) is 4.31 Å². The summed E-state index contributed by atoms with van der Waals surface area (Å²) in [7, 11) is -2.20. The van der Waals surface area contributed by atoms with Crippen molar-refractivity contribution in [1.82, 2.24) is 4.31 Å². The third-order valence-corrected chi connectivity index (χ3v) is 7.01. The van der Waals surface area contributed by atoms with E-state index >= 15 is 0 Å². The quantitative estimate of drug-likeness (QED) is 0.674. The third kappa shape index (κ3) is 5.66. The summed E-state index contributed by atoms with van der Waals surface area (Å²) >= 11 is 1.14. The fourth-order valence-corrected chi connectivity index (χ4v) is 4.71. The van der Waals surface area contributed by atoms with Crippen molar-refractivity contribution < 1.29 is 13.2 Å². The molecule has 0 fully saturated rings. The van der Waals surface area contributed by atoms with E-state index in [1.54, 1.807) is 11.4 Å². The number of carbonyl (C=O) groups excluding carboxylic acids is 1. The highest BCUT2D eigenvalue weighted by Gasteiger charge is 2.23. The summed E-state index contributed by atoms with van der Waals surface area (Å²) in [4.78, 5) is 12.1. The molecule has 1 amide bonds. The van der Waals surface area contributed by atoms with Crippen LogP contribution >= 0.6 is 11.3 Å². The maximum Gasteiger partial charge on any atom is 0.252 e. The molecule has 0 radical (unpaired) electrons. The van der Waals surface area contributed by atoms with E-state index in [9.17, 15) is 13.2 Å². The maximum atomic E-state index is 12.3. The van der Waals surface area contributed by atoms with Gasteiger partial charge in [0.25, 0.3) is 10.0 Å². The molecule has 0 aliphatic rings. The SMILES string of the molecule is CCCCCc1ccc(NC(=O)CN(C)S(=O)(=O)c2cccs2)cc1. The number of carbonyl (C=O) groups is 1. The van der Waals surface area contributed by atoms with E-state index in [2.05, 4.69) is 12.2 Å². The number of sulfonamides is 1. The molecule has 1 aromatic heterocycles. The number of nitrogens with zero attached hydrogens (tertiary/aromatic N) is 1. The van der Waals surface area contributed by atoms with Crippen LogP contribution in [0.3, 0.4) is 0 Å². The van der Waals surface area contributed by atoms with Crippen molar-refractivity contribution in [2.75, 3.05) is 18.9 Å². The summed E-state index contributed by atoms with van der Waals surface area (Å²) in [5.41, 5.74) is 1.91. The number of likely N-dealkylation sites (N-methyl/N-ethyl adjacent to an activating group) is 1. The number of rotatable bonds is 9. The lowest BCUT2D eigenvalue weighted by Crippen LogP contribution is -2.34. The number of aryl methyl sites for hydroxylation is 1. The van der Waals surface area contributed by atoms with Gasteiger partial charge in [0, 0.05) is 12.7 Å². The third-order valence-electron chi connectivity index (χ3n) is 3.83. The van der Waals surface area contributed by atoms with Gasteiger partial charge in [-0.05, 0) is 42.0 Å². The maximum absolute atomic E-state index is 12.3. The van der Waals surface area contributed by atoms with Crippen LogP contribution in [0.25, 0.3) is 0 Å². The molecule has 0 saturated heterocycles. The second kappa shape index (κ2) is 9.12. The number of nitrogens with one attached hydrogen (secondary N) is 1. The van der Waals surface area contributed by atoms with Crippen molar-refractivity contribution in [2.45, 2.75) is 36.8 Å². The van der Waals surface area contributed by atoms with E-state index in [4.69, 9.17) is 0 Å². The first-order valence-electron chi connectivity index (χ1n) is 8.32. The number of amides is 1. The van der Waals surface area contributed by atoms with Crippen molar-refractivity contribution in [3.05, 3.63) is 47.3 Å². The molecule has 136 valence electrons. The van der Waals surface area contributed by atoms with Crippen molar-refractivity contribution in [2.24, 2.45) is 0 Å². The van der Waals surface area contributed by atoms with E-state index in [0.29, 0.717) is 5.69 Å². The molecule has 5 nitrogen and oxygen atoms in total. The Balaban J connectivity index is 1.89. The van der Waals surface area contributed by atoms with Crippen LogP contribution in [-0.4, -0.2) is 32.2 Å². The van der Waals surface area contributed by atoms with E-state index in [1.165, 1.54) is 31.5 Å². The lowest BCUT2D eigenvalue weighted by molar-refractivity contribution is -0.116. The summed E-state index contributed by atoms with van der Waals surface area (Å²) in [5.74, 6) is -0.360. The van der Waals surface area contributed by atoms with Gasteiger partial charge in [-0.1, -0.05) is 38.0 Å². The molecular formula is C18H24N2O3S2. The Morgan fingerprint density at radius 3 is 2.48 bits per heavy atom. The molecule has 2 rings (SSSR count). The van der Waals surface area contributed by atoms with Crippen LogP contribution in [0.4, 0.5) is 5.69 Å². The summed E-state index contributed by atoms with van der Waals surface area (Å²) in [5, 5.41) is 4.44. The Morgan fingerprint density at radius 2 is 1.88 bits per heavy atom. The van der Waals surface area contributed by atoms with Crippen LogP contribution < -0.4 is 5.32 Å². The van der Waals surface area contributed by atoms with Gasteiger partial charge in [0.2, 0.25) is 5.91 Å². The zero-order valence-corrected chi connectivity index (χ0v) is 16.2. The second-order valence-corrected chi connectivity index (χ2v) is 9.11. The van der Waals surface area contributed by atoms with E-state index in [1.807, 2.05) is 24.3 Å². The highest BCUT2D eigenvalue weighted by molar-refractivity contribution is 7.91. The first kappa shape index (κ1) is 19.6. The van der Waals surface area contributed by atoms with Crippen molar-refractivity contribution >= 4 is 33.0 Å². The van der Waals surface area contributed by atoms with Gasteiger partial charge < -0.3 is 5.32 Å². The zero-order chi connectivity index (χ0) is 18.3. The molecule has 0 aliphatic carbocycles. The largest absolute Gasteiger partial charge is 0.325 e. The van der Waals surface area contributed by atoms with Crippen LogP contribution in [0.5, 0.6) is 0 Å². The molecule has 25 heavy (non-hydrogen) atoms. The normalized spacial score (nSPS) is 11.6. The minimum Gasteiger partial charge on any atom is -0.325 e. The minimum absolute atomic E-state index is 0.224. The predicted octanol–water partition coefficient (Wildman–Crippen LogP) is 3.74. The fourth-order valence-electron chi connectivity index (χ4n) is 2.39. The molecule has 0 atom stereocenters. The Kier molecular flexibility index (Phi) is 7.16. The summed E-state index contributed by atoms with van der Waals surface area (Å²) in [6.07, 6.45) is 4.59. The van der Waals surface area contributed by atoms with Crippen LogP contribution in [0, 0.1) is 0 Å². The van der Waals surface area contributed by atoms with Crippen LogP contribution in [0.2, 0.25) is 0 Å². The average molecular weight is 381 g/mol. The van der Waals surface area contributed by atoms with Gasteiger partial charge in [0.1, 0.15) is 4.21 Å². The molecule has 0 spiro atoms. The average Bonchev–Trinajstić information content (AvgIpc) is 3.12. The standard InChI is InChI=1S/C18H24N2O3S2/c1-3-4-5-7-15-9-11-16(12-10-15)19-17(21)14-20(2)25(22,23)18-8-6-13-24-18/h6,8-13H,3-5,7,14H2,1-2H3,(H,19,21). The molecule has 0 unspecified atom stereocenters. The molecular weight excluding hydrogens is 356 g/mol. The lowest BCUT2D eigenvalue weighted by Gasteiger charge is -2.15. The molecule has 2 aromatic rings. The van der Waals surface area contributed by atoms with Gasteiger partial charge in [-0.25, -0.2) is 8.42 Å². The van der Waals surface area contributed by atoms with Gasteiger partial charge in [-0.15, -0.1) is 11.3 Å². The Labute approximate surface area is 153 Å². The summed E-state index contributed by atoms with van der Waals surface area (Å²) < 4.78 is 25.9. The molecule has 7 heteroatoms. The fraction of sp³-hybridized carbons (Fsp3) is 0.389. The molecule has 1 N–H and O–H groups in total. The number of thiophene rings is 1.